The Kier molecular flexibility index (Phi) is 12.1. The minimum atomic E-state index is -3.77. The number of benzene rings is 4. The van der Waals surface area contributed by atoms with E-state index >= 15 is 0 Å². The summed E-state index contributed by atoms with van der Waals surface area (Å²) in [5.41, 5.74) is 20.7. The van der Waals surface area contributed by atoms with Gasteiger partial charge in [0.05, 0.1) is 0 Å². The Bertz CT molecular complexity index is 1970. The van der Waals surface area contributed by atoms with Gasteiger partial charge in [-0.15, -0.1) is 24.8 Å². The molecule has 0 aromatic heterocycles. The molecule has 0 heterocycles. The maximum atomic E-state index is 2.64. The Morgan fingerprint density at radius 2 is 1.00 bits per heavy atom. The van der Waals surface area contributed by atoms with Gasteiger partial charge in [0, 0.05) is 0 Å². The molecule has 0 fully saturated rings. The summed E-state index contributed by atoms with van der Waals surface area (Å²) in [5, 5.41) is 0. The minimum absolute atomic E-state index is 0. The number of hydrogen-bond donors (Lipinski definition) is 0. The van der Waals surface area contributed by atoms with Gasteiger partial charge in [-0.25, -0.2) is 0 Å². The quantitative estimate of drug-likeness (QED) is 0.148. The molecule has 4 aromatic carbocycles. The normalized spacial score (nSPS) is 16.9. The van der Waals surface area contributed by atoms with Crippen LogP contribution in [0.25, 0.3) is 34.4 Å². The molecule has 0 nitrogen and oxygen atoms in total. The fourth-order valence-corrected chi connectivity index (χ4v) is 33.4. The molecule has 0 amide bonds. The van der Waals surface area contributed by atoms with E-state index in [1.54, 1.807) is 22.3 Å². The third-order valence-electron chi connectivity index (χ3n) is 12.4. The third-order valence-corrected chi connectivity index (χ3v) is 43.3. The minimum Gasteiger partial charge on any atom is -0.147 e. The molecule has 6 rings (SSSR count). The van der Waals surface area contributed by atoms with Crippen LogP contribution in [-0.2, 0) is 17.4 Å². The molecule has 0 aliphatic heterocycles. The largest absolute Gasteiger partial charge is 0.147 e. The molecule has 0 radical (unpaired) electrons. The van der Waals surface area contributed by atoms with E-state index in [1.165, 1.54) is 63.9 Å². The van der Waals surface area contributed by atoms with Crippen LogP contribution in [0.1, 0.15) is 125 Å². The molecule has 0 spiro atoms. The van der Waals surface area contributed by atoms with E-state index in [4.69, 9.17) is 0 Å². The second kappa shape index (κ2) is 14.9. The molecule has 2 unspecified atom stereocenters. The van der Waals surface area contributed by atoms with Crippen molar-refractivity contribution in [2.45, 2.75) is 103 Å². The molecule has 2 atom stereocenters. The zero-order valence-electron chi connectivity index (χ0n) is 31.5. The molecule has 2 aliphatic carbocycles. The Labute approximate surface area is 312 Å². The predicted molar refractivity (Wildman–Crippen MR) is 223 cm³/mol. The van der Waals surface area contributed by atoms with Crippen LogP contribution in [0.3, 0.4) is 0 Å². The Morgan fingerprint density at radius 3 is 1.39 bits per heavy atom. The first kappa shape index (κ1) is 39.8. The van der Waals surface area contributed by atoms with E-state index in [-0.39, 0.29) is 24.8 Å². The zero-order valence-corrected chi connectivity index (χ0v) is 37.0. The van der Waals surface area contributed by atoms with Crippen LogP contribution < -0.4 is 0 Å². The van der Waals surface area contributed by atoms with Crippen LogP contribution in [0.15, 0.2) is 83.9 Å². The van der Waals surface area contributed by atoms with Crippen molar-refractivity contribution in [2.75, 3.05) is 0 Å². The van der Waals surface area contributed by atoms with E-state index in [0.717, 1.165) is 6.42 Å². The Morgan fingerprint density at radius 1 is 0.592 bits per heavy atom. The first-order chi connectivity index (χ1) is 22.3. The summed E-state index contributed by atoms with van der Waals surface area (Å²) in [4.78, 5) is 0. The first-order valence-electron chi connectivity index (χ1n) is 18.3. The van der Waals surface area contributed by atoms with Crippen molar-refractivity contribution < 1.29 is 17.4 Å². The predicted octanol–water partition coefficient (Wildman–Crippen LogP) is 13.8. The Balaban J connectivity index is 0.00000270. The van der Waals surface area contributed by atoms with Crippen LogP contribution in [0.4, 0.5) is 0 Å². The Hall–Kier alpha value is -1.96. The number of hydrogen-bond acceptors (Lipinski definition) is 0. The maximum absolute atomic E-state index is 3.77. The number of rotatable bonds is 9. The van der Waals surface area contributed by atoms with Gasteiger partial charge in [0.2, 0.25) is 0 Å². The van der Waals surface area contributed by atoms with Crippen LogP contribution in [-0.4, -0.2) is 6.88 Å². The fraction of sp³-hybridized carbons (Fsp3) is 0.378. The second-order valence-electron chi connectivity index (χ2n) is 15.9. The maximum Gasteiger partial charge on any atom is -0.147 e. The van der Waals surface area contributed by atoms with Gasteiger partial charge < -0.3 is 0 Å². The fourth-order valence-electron chi connectivity index (χ4n) is 9.54. The van der Waals surface area contributed by atoms with Gasteiger partial charge in [-0.2, -0.15) is 0 Å². The zero-order chi connectivity index (χ0) is 33.9. The summed E-state index contributed by atoms with van der Waals surface area (Å²) < 4.78 is 3.76. The summed E-state index contributed by atoms with van der Waals surface area (Å²) in [5.74, 6) is 1.09. The molecule has 4 aromatic rings. The van der Waals surface area contributed by atoms with Gasteiger partial charge in [0.25, 0.3) is 0 Å². The number of halogens is 2. The number of fused-ring (bicyclic) bond motifs is 2. The second-order valence-corrected chi connectivity index (χ2v) is 43.4. The molecule has 0 bridgehead atoms. The van der Waals surface area contributed by atoms with Crippen molar-refractivity contribution >= 4 is 43.8 Å². The van der Waals surface area contributed by atoms with Crippen molar-refractivity contribution in [1.82, 2.24) is 0 Å². The van der Waals surface area contributed by atoms with E-state index < -0.39 is 17.4 Å². The van der Waals surface area contributed by atoms with Crippen molar-refractivity contribution in [3.8, 4) is 22.3 Å². The van der Waals surface area contributed by atoms with Crippen LogP contribution >= 0.6 is 24.8 Å². The molecular formula is C45H58Cl2SiZr. The van der Waals surface area contributed by atoms with Crippen LogP contribution in [0, 0.1) is 13.8 Å². The molecular weight excluding hydrogens is 731 g/mol. The van der Waals surface area contributed by atoms with E-state index in [0.29, 0.717) is 19.1 Å². The van der Waals surface area contributed by atoms with Crippen molar-refractivity contribution in [2.24, 2.45) is 0 Å². The van der Waals surface area contributed by atoms with Gasteiger partial charge >= 0.3 is 290 Å². The van der Waals surface area contributed by atoms with Crippen molar-refractivity contribution in [1.29, 1.82) is 0 Å². The van der Waals surface area contributed by atoms with Gasteiger partial charge in [-0.3, -0.25) is 0 Å². The number of allylic oxidation sites excluding steroid dienone is 2. The molecule has 4 heteroatoms. The van der Waals surface area contributed by atoms with E-state index in [2.05, 4.69) is 161 Å². The first-order valence-corrected chi connectivity index (χ1v) is 30.5. The topological polar surface area (TPSA) is 0 Å². The summed E-state index contributed by atoms with van der Waals surface area (Å²) in [6, 6.07) is 28.9. The molecule has 0 saturated carbocycles. The molecule has 260 valence electrons. The molecule has 2 aliphatic rings. The smallest absolute Gasteiger partial charge is 0.147 e. The third kappa shape index (κ3) is 6.63. The monoisotopic (exact) mass is 786 g/mol. The van der Waals surface area contributed by atoms with Gasteiger partial charge in [-0.05, 0) is 0 Å². The molecule has 0 saturated heterocycles. The van der Waals surface area contributed by atoms with Gasteiger partial charge in [-0.1, -0.05) is 0 Å². The van der Waals surface area contributed by atoms with Crippen LogP contribution in [0.5, 0.6) is 0 Å². The van der Waals surface area contributed by atoms with Gasteiger partial charge in [0.15, 0.2) is 0 Å². The molecule has 0 N–H and O–H groups in total. The average molecular weight is 789 g/mol. The summed E-state index contributed by atoms with van der Waals surface area (Å²) >= 11 is -3.77. The van der Waals surface area contributed by atoms with Crippen molar-refractivity contribution in [3.05, 3.63) is 128 Å². The van der Waals surface area contributed by atoms with E-state index in [9.17, 15) is 0 Å². The standard InChI is InChI=1S/C21H23.C20H21.2C2H5.2ClH.H2Si.Zr/c1-5-16-12-19-10-15(4)11-20(21(19)13-16)18-8-6-17(7-9-18)14(2)3;1-13(2)16-5-7-17(8-6-16)19-11-14(3)9-18-10-15(4)12-20(18)19;2*1-2;;;;/h6-14H,5H2,1-4H3;5-13H,1-4H3;2*1H2,2H3;2*1H;1H2;. The number of aryl methyl sites for hydroxylation is 2. The summed E-state index contributed by atoms with van der Waals surface area (Å²) in [6.07, 6.45) is 6.36. The SMILES string of the molecule is CCC1=Cc2c(-c3ccc(C(C)C)cc3)cc(C)cc2[CH]1[Zr](=[SiH2])([CH2]C)([CH2]C)[CH]1C(C)=Cc2c(-c3ccc(C(C)C)cc3)cc(C)cc21.Cl.Cl. The van der Waals surface area contributed by atoms with Crippen LogP contribution in [0.2, 0.25) is 8.26 Å². The van der Waals surface area contributed by atoms with Crippen molar-refractivity contribution in [3.63, 3.8) is 0 Å². The van der Waals surface area contributed by atoms with Gasteiger partial charge in [0.1, 0.15) is 0 Å². The van der Waals surface area contributed by atoms with E-state index in [1.807, 2.05) is 0 Å². The average Bonchev–Trinajstić information content (AvgIpc) is 3.61. The summed E-state index contributed by atoms with van der Waals surface area (Å²) in [7, 11) is 0. The molecule has 49 heavy (non-hydrogen) atoms. The summed E-state index contributed by atoms with van der Waals surface area (Å²) in [6.45, 7) is 26.4.